The van der Waals surface area contributed by atoms with Crippen LogP contribution in [0.15, 0.2) is 0 Å². The van der Waals surface area contributed by atoms with Gasteiger partial charge in [-0.2, -0.15) is 0 Å². The zero-order chi connectivity index (χ0) is 15.9. The van der Waals surface area contributed by atoms with Gasteiger partial charge < -0.3 is 19.7 Å². The third-order valence-electron chi connectivity index (χ3n) is 4.17. The molecule has 1 N–H and O–H groups in total. The summed E-state index contributed by atoms with van der Waals surface area (Å²) in [5.41, 5.74) is -3.67. The van der Waals surface area contributed by atoms with Gasteiger partial charge in [0.2, 0.25) is 0 Å². The van der Waals surface area contributed by atoms with E-state index in [1.165, 1.54) is 12.0 Å². The standard InChI is InChI=1S/C14H23FN2O4.ClH/c1-12(2,3)21-11(19)17-6-5-13(10(18)20-4)7-16-8-14(13,15)9-17;/h16H,5-9H2,1-4H3;1H/t13-,14+;/m0./s1. The second-order valence-electron chi connectivity index (χ2n) is 6.79. The Labute approximate surface area is 136 Å². The van der Waals surface area contributed by atoms with Crippen LogP contribution < -0.4 is 5.32 Å². The fourth-order valence-corrected chi connectivity index (χ4v) is 3.06. The average Bonchev–Trinajstić information content (AvgIpc) is 2.72. The molecule has 0 bridgehead atoms. The maximum absolute atomic E-state index is 15.3. The summed E-state index contributed by atoms with van der Waals surface area (Å²) in [6, 6.07) is 0. The summed E-state index contributed by atoms with van der Waals surface area (Å²) in [6.07, 6.45) is -0.326. The number of alkyl halides is 1. The monoisotopic (exact) mass is 338 g/mol. The molecule has 8 heteroatoms. The second-order valence-corrected chi connectivity index (χ2v) is 6.79. The van der Waals surface area contributed by atoms with Crippen LogP contribution in [0.4, 0.5) is 9.18 Å². The minimum absolute atomic E-state index is 0. The van der Waals surface area contributed by atoms with Crippen molar-refractivity contribution in [1.29, 1.82) is 0 Å². The molecule has 0 radical (unpaired) electrons. The van der Waals surface area contributed by atoms with Gasteiger partial charge in [0, 0.05) is 19.6 Å². The van der Waals surface area contributed by atoms with Crippen molar-refractivity contribution in [3.8, 4) is 0 Å². The summed E-state index contributed by atoms with van der Waals surface area (Å²) < 4.78 is 25.3. The fourth-order valence-electron chi connectivity index (χ4n) is 3.06. The number of halogens is 2. The van der Waals surface area contributed by atoms with Crippen LogP contribution in [0.5, 0.6) is 0 Å². The molecule has 2 saturated heterocycles. The molecule has 0 aromatic heterocycles. The Morgan fingerprint density at radius 2 is 1.91 bits per heavy atom. The number of carbonyl (C=O) groups excluding carboxylic acids is 2. The number of esters is 1. The van der Waals surface area contributed by atoms with E-state index >= 15 is 4.39 Å². The molecule has 2 fully saturated rings. The number of likely N-dealkylation sites (tertiary alicyclic amines) is 1. The van der Waals surface area contributed by atoms with Gasteiger partial charge in [0.15, 0.2) is 5.67 Å². The predicted octanol–water partition coefficient (Wildman–Crippen LogP) is 1.52. The molecule has 22 heavy (non-hydrogen) atoms. The number of amides is 1. The van der Waals surface area contributed by atoms with Crippen molar-refractivity contribution in [3.05, 3.63) is 0 Å². The molecule has 2 heterocycles. The lowest BCUT2D eigenvalue weighted by Gasteiger charge is -2.45. The lowest BCUT2D eigenvalue weighted by atomic mass is 9.70. The van der Waals surface area contributed by atoms with Crippen molar-refractivity contribution >= 4 is 24.5 Å². The van der Waals surface area contributed by atoms with E-state index in [4.69, 9.17) is 9.47 Å². The Hall–Kier alpha value is -1.08. The average molecular weight is 339 g/mol. The number of nitrogens with one attached hydrogen (secondary N) is 1. The summed E-state index contributed by atoms with van der Waals surface area (Å²) in [4.78, 5) is 25.5. The first-order chi connectivity index (χ1) is 9.63. The molecule has 128 valence electrons. The number of piperidine rings is 1. The van der Waals surface area contributed by atoms with E-state index in [0.717, 1.165) is 0 Å². The van der Waals surface area contributed by atoms with E-state index in [0.29, 0.717) is 0 Å². The van der Waals surface area contributed by atoms with Gasteiger partial charge >= 0.3 is 12.1 Å². The van der Waals surface area contributed by atoms with Crippen LogP contribution in [0.25, 0.3) is 0 Å². The van der Waals surface area contributed by atoms with Gasteiger partial charge in [0.05, 0.1) is 13.7 Å². The van der Waals surface area contributed by atoms with E-state index in [9.17, 15) is 9.59 Å². The fraction of sp³-hybridized carbons (Fsp3) is 0.857. The van der Waals surface area contributed by atoms with E-state index in [-0.39, 0.29) is 45.0 Å². The third-order valence-corrected chi connectivity index (χ3v) is 4.17. The van der Waals surface area contributed by atoms with Crippen LogP contribution in [0.1, 0.15) is 27.2 Å². The van der Waals surface area contributed by atoms with Gasteiger partial charge in [-0.1, -0.05) is 0 Å². The minimum Gasteiger partial charge on any atom is -0.468 e. The Morgan fingerprint density at radius 3 is 2.45 bits per heavy atom. The summed E-state index contributed by atoms with van der Waals surface area (Å²) >= 11 is 0. The van der Waals surface area contributed by atoms with E-state index in [2.05, 4.69) is 5.32 Å². The van der Waals surface area contributed by atoms with Crippen LogP contribution in [0.3, 0.4) is 0 Å². The number of carbonyl (C=O) groups is 2. The van der Waals surface area contributed by atoms with Crippen LogP contribution in [0.2, 0.25) is 0 Å². The van der Waals surface area contributed by atoms with Crippen molar-refractivity contribution in [1.82, 2.24) is 10.2 Å². The number of methoxy groups -OCH3 is 1. The maximum Gasteiger partial charge on any atom is 0.410 e. The molecule has 0 aliphatic carbocycles. The van der Waals surface area contributed by atoms with Crippen LogP contribution in [0, 0.1) is 5.41 Å². The quantitative estimate of drug-likeness (QED) is 0.734. The van der Waals surface area contributed by atoms with Crippen LogP contribution >= 0.6 is 12.4 Å². The van der Waals surface area contributed by atoms with Gasteiger partial charge in [-0.15, -0.1) is 12.4 Å². The van der Waals surface area contributed by atoms with Crippen LogP contribution in [-0.4, -0.2) is 61.5 Å². The van der Waals surface area contributed by atoms with Gasteiger partial charge in [-0.25, -0.2) is 9.18 Å². The zero-order valence-corrected chi connectivity index (χ0v) is 14.2. The Balaban J connectivity index is 0.00000242. The SMILES string of the molecule is COC(=O)[C@@]12CCN(C(=O)OC(C)(C)C)C[C@]1(F)CNC2.Cl. The zero-order valence-electron chi connectivity index (χ0n) is 13.4. The van der Waals surface area contributed by atoms with Crippen molar-refractivity contribution in [3.63, 3.8) is 0 Å². The molecule has 0 unspecified atom stereocenters. The van der Waals surface area contributed by atoms with E-state index in [1.54, 1.807) is 20.8 Å². The van der Waals surface area contributed by atoms with Crippen molar-refractivity contribution in [2.24, 2.45) is 5.41 Å². The Bertz CT molecular complexity index is 457. The highest BCUT2D eigenvalue weighted by Crippen LogP contribution is 2.46. The highest BCUT2D eigenvalue weighted by molar-refractivity contribution is 5.85. The van der Waals surface area contributed by atoms with Crippen molar-refractivity contribution in [2.45, 2.75) is 38.5 Å². The first-order valence-corrected chi connectivity index (χ1v) is 7.10. The molecule has 2 aliphatic rings. The molecule has 0 aromatic rings. The molecular weight excluding hydrogens is 315 g/mol. The smallest absolute Gasteiger partial charge is 0.410 e. The van der Waals surface area contributed by atoms with Gasteiger partial charge in [-0.3, -0.25) is 4.79 Å². The number of ether oxygens (including phenoxy) is 2. The predicted molar refractivity (Wildman–Crippen MR) is 80.8 cm³/mol. The molecule has 6 nitrogen and oxygen atoms in total. The lowest BCUT2D eigenvalue weighted by molar-refractivity contribution is -0.165. The van der Waals surface area contributed by atoms with Gasteiger partial charge in [0.1, 0.15) is 11.0 Å². The molecule has 0 aromatic carbocycles. The highest BCUT2D eigenvalue weighted by Gasteiger charge is 2.64. The molecule has 2 aliphatic heterocycles. The molecule has 2 rings (SSSR count). The summed E-state index contributed by atoms with van der Waals surface area (Å²) in [5, 5.41) is 2.91. The molecule has 2 atom stereocenters. The second kappa shape index (κ2) is 6.20. The normalized spacial score (nSPS) is 31.0. The largest absolute Gasteiger partial charge is 0.468 e. The summed E-state index contributed by atoms with van der Waals surface area (Å²) in [6.45, 7) is 5.66. The number of fused-ring (bicyclic) bond motifs is 1. The van der Waals surface area contributed by atoms with Crippen molar-refractivity contribution < 1.29 is 23.5 Å². The number of nitrogens with zero attached hydrogens (tertiary/aromatic N) is 1. The third kappa shape index (κ3) is 3.15. The molecule has 0 spiro atoms. The lowest BCUT2D eigenvalue weighted by Crippen LogP contribution is -2.62. The van der Waals surface area contributed by atoms with E-state index < -0.39 is 28.7 Å². The van der Waals surface area contributed by atoms with Gasteiger partial charge in [-0.05, 0) is 27.2 Å². The Kier molecular flexibility index (Phi) is 5.34. The summed E-state index contributed by atoms with van der Waals surface area (Å²) in [7, 11) is 1.26. The first kappa shape index (κ1) is 19.0. The van der Waals surface area contributed by atoms with Crippen LogP contribution in [-0.2, 0) is 14.3 Å². The number of rotatable bonds is 1. The Morgan fingerprint density at radius 1 is 1.27 bits per heavy atom. The molecule has 0 saturated carbocycles. The number of hydrogen-bond donors (Lipinski definition) is 1. The minimum atomic E-state index is -1.82. The number of hydrogen-bond acceptors (Lipinski definition) is 5. The molecule has 1 amide bonds. The van der Waals surface area contributed by atoms with Crippen molar-refractivity contribution in [2.75, 3.05) is 33.3 Å². The van der Waals surface area contributed by atoms with Gasteiger partial charge in [0.25, 0.3) is 0 Å². The molecular formula is C14H24ClFN2O4. The highest BCUT2D eigenvalue weighted by atomic mass is 35.5. The first-order valence-electron chi connectivity index (χ1n) is 7.10. The van der Waals surface area contributed by atoms with E-state index in [1.807, 2.05) is 0 Å². The summed E-state index contributed by atoms with van der Waals surface area (Å²) in [5.74, 6) is -0.557. The topological polar surface area (TPSA) is 67.9 Å². The maximum atomic E-state index is 15.3.